The fourth-order valence-corrected chi connectivity index (χ4v) is 9.93. The summed E-state index contributed by atoms with van der Waals surface area (Å²) in [6.07, 6.45) is 0. The molecule has 0 aliphatic carbocycles. The third kappa shape index (κ3) is 4.93. The van der Waals surface area contributed by atoms with Crippen molar-refractivity contribution in [2.45, 2.75) is 0 Å². The quantitative estimate of drug-likeness (QED) is 0.175. The van der Waals surface area contributed by atoms with E-state index in [4.69, 9.17) is 0 Å². The van der Waals surface area contributed by atoms with Crippen molar-refractivity contribution in [3.05, 3.63) is 211 Å². The topological polar surface area (TPSA) is 62.4 Å². The van der Waals surface area contributed by atoms with Crippen molar-refractivity contribution >= 4 is 65.4 Å². The lowest BCUT2D eigenvalue weighted by Gasteiger charge is -2.22. The largest absolute Gasteiger partial charge is 0.309 e. The molecule has 0 saturated heterocycles. The number of aromatic nitrogens is 3. The van der Waals surface area contributed by atoms with Crippen LogP contribution in [0.3, 0.4) is 0 Å². The van der Waals surface area contributed by atoms with Crippen LogP contribution in [0.1, 0.15) is 11.1 Å². The summed E-state index contributed by atoms with van der Waals surface area (Å²) >= 11 is 0. The number of para-hydroxylation sites is 6. The molecule has 0 radical (unpaired) electrons. The van der Waals surface area contributed by atoms with Crippen LogP contribution in [0.2, 0.25) is 0 Å². The Morgan fingerprint density at radius 1 is 0.279 bits per heavy atom. The van der Waals surface area contributed by atoms with E-state index in [0.29, 0.717) is 16.7 Å². The minimum atomic E-state index is 0.443. The van der Waals surface area contributed by atoms with E-state index in [1.54, 1.807) is 6.07 Å². The van der Waals surface area contributed by atoms with E-state index in [9.17, 15) is 10.5 Å². The second kappa shape index (κ2) is 13.5. The van der Waals surface area contributed by atoms with Crippen LogP contribution in [0.15, 0.2) is 200 Å². The highest BCUT2D eigenvalue weighted by atomic mass is 15.0. The maximum absolute atomic E-state index is 10.7. The van der Waals surface area contributed by atoms with E-state index in [1.165, 1.54) is 10.8 Å². The molecule has 0 fully saturated rings. The van der Waals surface area contributed by atoms with E-state index in [-0.39, 0.29) is 0 Å². The number of rotatable bonds is 5. The number of nitrogens with zero attached hydrogens (tertiary/aromatic N) is 5. The van der Waals surface area contributed by atoms with Crippen molar-refractivity contribution in [2.75, 3.05) is 0 Å². The highest BCUT2D eigenvalue weighted by Crippen LogP contribution is 2.46. The van der Waals surface area contributed by atoms with Gasteiger partial charge < -0.3 is 13.7 Å². The highest BCUT2D eigenvalue weighted by molar-refractivity contribution is 6.17. The average Bonchev–Trinajstić information content (AvgIpc) is 3.97. The van der Waals surface area contributed by atoms with Crippen molar-refractivity contribution in [3.63, 3.8) is 0 Å². The minimum absolute atomic E-state index is 0.443. The molecule has 0 spiro atoms. The van der Waals surface area contributed by atoms with Crippen LogP contribution in [0.25, 0.3) is 105 Å². The molecule has 3 aromatic heterocycles. The van der Waals surface area contributed by atoms with Gasteiger partial charge in [0, 0.05) is 49.0 Å². The smallest absolute Gasteiger partial charge is 0.0998 e. The molecule has 5 nitrogen and oxygen atoms in total. The summed E-state index contributed by atoms with van der Waals surface area (Å²) in [6.45, 7) is 0. The van der Waals surface area contributed by atoms with E-state index < -0.39 is 0 Å². The lowest BCUT2D eigenvalue weighted by atomic mass is 9.87. The Hall–Kier alpha value is -8.64. The Morgan fingerprint density at radius 2 is 0.639 bits per heavy atom. The van der Waals surface area contributed by atoms with Gasteiger partial charge >= 0.3 is 0 Å². The second-order valence-electron chi connectivity index (χ2n) is 15.4. The van der Waals surface area contributed by atoms with Crippen molar-refractivity contribution in [1.82, 2.24) is 13.7 Å². The van der Waals surface area contributed by atoms with Crippen molar-refractivity contribution < 1.29 is 0 Å². The molecule has 0 aliphatic heterocycles. The fourth-order valence-electron chi connectivity index (χ4n) is 9.93. The third-order valence-electron chi connectivity index (χ3n) is 12.4. The van der Waals surface area contributed by atoms with E-state index in [1.807, 2.05) is 12.1 Å². The molecule has 5 heteroatoms. The molecule has 61 heavy (non-hydrogen) atoms. The lowest BCUT2D eigenvalue weighted by molar-refractivity contribution is 1.16. The summed E-state index contributed by atoms with van der Waals surface area (Å²) < 4.78 is 7.08. The molecule has 0 N–H and O–H groups in total. The van der Waals surface area contributed by atoms with Crippen LogP contribution < -0.4 is 0 Å². The van der Waals surface area contributed by atoms with Gasteiger partial charge in [-0.1, -0.05) is 133 Å². The first-order chi connectivity index (χ1) is 30.2. The number of benzene rings is 9. The summed E-state index contributed by atoms with van der Waals surface area (Å²) in [7, 11) is 0. The third-order valence-corrected chi connectivity index (χ3v) is 12.4. The normalized spacial score (nSPS) is 11.6. The molecular weight excluding hydrogens is 743 g/mol. The van der Waals surface area contributed by atoms with E-state index >= 15 is 0 Å². The molecular formula is C56H33N5. The SMILES string of the molecule is N#Cc1cccc(C#N)c1-c1c(-c2ccccc2-n2c3ccccc3c3c(-n4c5ccccc5c5ccccc54)cccc32)cccc1-n1c2ccccc2c2ccccc21. The molecule has 12 aromatic rings. The molecule has 0 aliphatic rings. The van der Waals surface area contributed by atoms with Crippen molar-refractivity contribution in [1.29, 1.82) is 10.5 Å². The van der Waals surface area contributed by atoms with Gasteiger partial charge in [0.15, 0.2) is 0 Å². The molecule has 0 saturated carbocycles. The maximum Gasteiger partial charge on any atom is 0.0998 e. The summed E-state index contributed by atoms with van der Waals surface area (Å²) in [5.74, 6) is 0. The van der Waals surface area contributed by atoms with Gasteiger partial charge in [-0.05, 0) is 72.3 Å². The molecule has 282 valence electrons. The van der Waals surface area contributed by atoms with Crippen LogP contribution in [0.4, 0.5) is 0 Å². The molecule has 3 heterocycles. The zero-order valence-corrected chi connectivity index (χ0v) is 32.8. The van der Waals surface area contributed by atoms with Crippen molar-refractivity contribution in [3.8, 4) is 51.5 Å². The lowest BCUT2D eigenvalue weighted by Crippen LogP contribution is -2.04. The number of fused-ring (bicyclic) bond motifs is 9. The number of hydrogen-bond donors (Lipinski definition) is 0. The first-order valence-electron chi connectivity index (χ1n) is 20.4. The summed E-state index contributed by atoms with van der Waals surface area (Å²) in [5.41, 5.74) is 13.8. The second-order valence-corrected chi connectivity index (χ2v) is 15.4. The van der Waals surface area contributed by atoms with Crippen LogP contribution >= 0.6 is 0 Å². The molecule has 9 aromatic carbocycles. The van der Waals surface area contributed by atoms with Gasteiger partial charge in [-0.25, -0.2) is 0 Å². The van der Waals surface area contributed by atoms with Gasteiger partial charge in [0.1, 0.15) is 0 Å². The van der Waals surface area contributed by atoms with Crippen LogP contribution in [0, 0.1) is 22.7 Å². The molecule has 0 atom stereocenters. The summed E-state index contributed by atoms with van der Waals surface area (Å²) in [4.78, 5) is 0. The van der Waals surface area contributed by atoms with E-state index in [0.717, 1.165) is 88.4 Å². The molecule has 0 unspecified atom stereocenters. The standard InChI is InChI=1S/C56H33N5/c57-34-36-16-13-17-37(35-58)54(36)56-43(24-14-31-53(56)60-47-27-9-3-20-40(47)41-21-4-10-28-48(41)60)42-22-5-11-29-49(42)61-50-30-12-6-23-44(50)55-51(32-15-33-52(55)61)59-45-25-7-1-18-38(45)39-19-2-8-26-46(39)59/h1-33H. The average molecular weight is 776 g/mol. The summed E-state index contributed by atoms with van der Waals surface area (Å²) in [6, 6.07) is 74.7. The Bertz CT molecular complexity index is 3720. The molecule has 0 amide bonds. The van der Waals surface area contributed by atoms with Crippen LogP contribution in [-0.2, 0) is 0 Å². The first kappa shape index (κ1) is 34.4. The Labute approximate surface area is 351 Å². The zero-order valence-electron chi connectivity index (χ0n) is 32.8. The van der Waals surface area contributed by atoms with Crippen LogP contribution in [-0.4, -0.2) is 13.7 Å². The fraction of sp³-hybridized carbons (Fsp3) is 0. The Balaban J connectivity index is 1.20. The highest BCUT2D eigenvalue weighted by Gasteiger charge is 2.26. The Morgan fingerprint density at radius 3 is 1.20 bits per heavy atom. The van der Waals surface area contributed by atoms with Gasteiger partial charge in [0.2, 0.25) is 0 Å². The first-order valence-corrected chi connectivity index (χ1v) is 20.4. The maximum atomic E-state index is 10.7. The summed E-state index contributed by atoms with van der Waals surface area (Å²) in [5, 5.41) is 28.5. The predicted octanol–water partition coefficient (Wildman–Crippen LogP) is 14.1. The van der Waals surface area contributed by atoms with Gasteiger partial charge in [0.25, 0.3) is 0 Å². The van der Waals surface area contributed by atoms with Crippen LogP contribution in [0.5, 0.6) is 0 Å². The monoisotopic (exact) mass is 775 g/mol. The van der Waals surface area contributed by atoms with Gasteiger partial charge in [-0.2, -0.15) is 10.5 Å². The van der Waals surface area contributed by atoms with Gasteiger partial charge in [0.05, 0.1) is 73.4 Å². The predicted molar refractivity (Wildman–Crippen MR) is 250 cm³/mol. The molecule has 12 rings (SSSR count). The number of hydrogen-bond acceptors (Lipinski definition) is 2. The molecule has 0 bridgehead atoms. The zero-order chi connectivity index (χ0) is 40.6. The van der Waals surface area contributed by atoms with Gasteiger partial charge in [-0.15, -0.1) is 0 Å². The van der Waals surface area contributed by atoms with E-state index in [2.05, 4.69) is 208 Å². The number of nitriles is 2. The Kier molecular flexibility index (Phi) is 7.59. The van der Waals surface area contributed by atoms with Gasteiger partial charge in [-0.3, -0.25) is 0 Å². The van der Waals surface area contributed by atoms with Crippen molar-refractivity contribution in [2.24, 2.45) is 0 Å². The minimum Gasteiger partial charge on any atom is -0.309 e.